The van der Waals surface area contributed by atoms with E-state index in [0.717, 1.165) is 25.8 Å². The number of hydrogen-bond acceptors (Lipinski definition) is 4. The number of nitrogens with one attached hydrogen (secondary N) is 1. The molecule has 28 heavy (non-hydrogen) atoms. The molecular weight excluding hydrogens is 372 g/mol. The number of aromatic nitrogens is 2. The van der Waals surface area contributed by atoms with Crippen LogP contribution < -0.4 is 0 Å². The van der Waals surface area contributed by atoms with Crippen LogP contribution in [0.5, 0.6) is 0 Å². The summed E-state index contributed by atoms with van der Waals surface area (Å²) in [5, 5.41) is 1.30. The number of aromatic amines is 1. The number of H-pyrrole nitrogens is 1. The number of fused-ring (bicyclic) bond motifs is 4. The molecule has 2 aliphatic heterocycles. The molecule has 0 saturated carbocycles. The van der Waals surface area contributed by atoms with E-state index < -0.39 is 10.0 Å². The molecule has 0 radical (unpaired) electrons. The lowest BCUT2D eigenvalue weighted by atomic mass is 9.78. The second kappa shape index (κ2) is 6.40. The van der Waals surface area contributed by atoms with Gasteiger partial charge >= 0.3 is 0 Å². The van der Waals surface area contributed by atoms with E-state index in [0.29, 0.717) is 13.1 Å². The van der Waals surface area contributed by atoms with Gasteiger partial charge < -0.3 is 4.98 Å². The van der Waals surface area contributed by atoms with Gasteiger partial charge in [-0.25, -0.2) is 8.42 Å². The van der Waals surface area contributed by atoms with Gasteiger partial charge in [0.05, 0.1) is 5.54 Å². The van der Waals surface area contributed by atoms with Crippen LogP contribution in [0.2, 0.25) is 0 Å². The molecule has 2 aromatic heterocycles. The summed E-state index contributed by atoms with van der Waals surface area (Å²) < 4.78 is 27.6. The third-order valence-corrected chi connectivity index (χ3v) is 8.41. The minimum absolute atomic E-state index is 0.131. The van der Waals surface area contributed by atoms with Gasteiger partial charge in [-0.1, -0.05) is 18.2 Å². The summed E-state index contributed by atoms with van der Waals surface area (Å²) in [7, 11) is -1.33. The normalized spacial score (nSPS) is 20.5. The number of likely N-dealkylation sites (N-methyl/N-ethyl adjacent to an activating group) is 1. The highest BCUT2D eigenvalue weighted by Crippen LogP contribution is 2.45. The monoisotopic (exact) mass is 396 g/mol. The summed E-state index contributed by atoms with van der Waals surface area (Å²) in [6, 6.07) is 11.8. The fourth-order valence-corrected chi connectivity index (χ4v) is 6.32. The molecule has 146 valence electrons. The molecule has 6 nitrogen and oxygen atoms in total. The highest BCUT2D eigenvalue weighted by molar-refractivity contribution is 7.89. The van der Waals surface area contributed by atoms with Crippen LogP contribution in [-0.4, -0.2) is 54.3 Å². The topological polar surface area (TPSA) is 69.3 Å². The number of hydrogen-bond donors (Lipinski definition) is 1. The molecule has 0 aliphatic carbocycles. The van der Waals surface area contributed by atoms with Crippen LogP contribution in [0.3, 0.4) is 0 Å². The van der Waals surface area contributed by atoms with Gasteiger partial charge in [0.1, 0.15) is 4.90 Å². The number of rotatable bonds is 2. The lowest BCUT2D eigenvalue weighted by Gasteiger charge is -2.49. The van der Waals surface area contributed by atoms with Gasteiger partial charge in [-0.3, -0.25) is 9.88 Å². The minimum Gasteiger partial charge on any atom is -0.357 e. The largest absolute Gasteiger partial charge is 0.357 e. The first-order valence-electron chi connectivity index (χ1n) is 9.74. The van der Waals surface area contributed by atoms with Crippen LogP contribution in [0.1, 0.15) is 24.1 Å². The summed E-state index contributed by atoms with van der Waals surface area (Å²) >= 11 is 0. The van der Waals surface area contributed by atoms with Crippen LogP contribution in [-0.2, 0) is 22.0 Å². The molecular formula is C21H24N4O2S. The Bertz CT molecular complexity index is 1120. The molecule has 0 atom stereocenters. The first-order chi connectivity index (χ1) is 13.5. The van der Waals surface area contributed by atoms with Crippen molar-refractivity contribution in [3.8, 4) is 0 Å². The number of para-hydroxylation sites is 1. The van der Waals surface area contributed by atoms with Gasteiger partial charge in [-0.15, -0.1) is 0 Å². The van der Waals surface area contributed by atoms with Crippen molar-refractivity contribution in [3.63, 3.8) is 0 Å². The Labute approximate surface area is 165 Å². The molecule has 0 amide bonds. The summed E-state index contributed by atoms with van der Waals surface area (Å²) in [5.41, 5.74) is 3.72. The Balaban J connectivity index is 1.49. The zero-order valence-corrected chi connectivity index (χ0v) is 16.7. The Hall–Kier alpha value is -2.22. The maximum atomic E-state index is 13.0. The quantitative estimate of drug-likeness (QED) is 0.723. The van der Waals surface area contributed by atoms with E-state index in [1.54, 1.807) is 22.6 Å². The second-order valence-corrected chi connectivity index (χ2v) is 9.76. The average Bonchev–Trinajstić information content (AvgIpc) is 3.12. The Morgan fingerprint density at radius 3 is 2.61 bits per heavy atom. The van der Waals surface area contributed by atoms with Gasteiger partial charge in [-0.05, 0) is 50.1 Å². The zero-order valence-electron chi connectivity index (χ0n) is 15.9. The molecule has 3 aromatic rings. The van der Waals surface area contributed by atoms with Crippen molar-refractivity contribution >= 4 is 20.9 Å². The summed E-state index contributed by atoms with van der Waals surface area (Å²) in [6.07, 6.45) is 5.61. The molecule has 5 rings (SSSR count). The molecule has 0 unspecified atom stereocenters. The van der Waals surface area contributed by atoms with E-state index in [1.165, 1.54) is 28.4 Å². The van der Waals surface area contributed by atoms with E-state index in [2.05, 4.69) is 46.2 Å². The van der Waals surface area contributed by atoms with Gasteiger partial charge in [0.15, 0.2) is 0 Å². The predicted octanol–water partition coefficient (Wildman–Crippen LogP) is 2.73. The van der Waals surface area contributed by atoms with Crippen LogP contribution in [0.25, 0.3) is 10.9 Å². The standard InChI is InChI=1S/C21H24N4O2S/c1-24-12-8-18-17-6-2-3-7-19(17)23-20(18)21(24)9-13-25(14-10-21)28(26,27)16-5-4-11-22-15-16/h2-7,11,15,23H,8-10,12-14H2,1H3. The molecule has 1 saturated heterocycles. The van der Waals surface area contributed by atoms with Crippen LogP contribution in [0.4, 0.5) is 0 Å². The molecule has 1 fully saturated rings. The SMILES string of the molecule is CN1CCc2c([nH]c3ccccc23)C12CCN(S(=O)(=O)c1cccnc1)CC2. The highest BCUT2D eigenvalue weighted by atomic mass is 32.2. The fraction of sp³-hybridized carbons (Fsp3) is 0.381. The van der Waals surface area contributed by atoms with Crippen LogP contribution in [0, 0.1) is 0 Å². The molecule has 1 spiro atoms. The fourth-order valence-electron chi connectivity index (χ4n) is 4.92. The van der Waals surface area contributed by atoms with Crippen molar-refractivity contribution in [1.82, 2.24) is 19.2 Å². The first-order valence-corrected chi connectivity index (χ1v) is 11.2. The van der Waals surface area contributed by atoms with E-state index >= 15 is 0 Å². The van der Waals surface area contributed by atoms with Crippen LogP contribution in [0.15, 0.2) is 53.7 Å². The van der Waals surface area contributed by atoms with Crippen molar-refractivity contribution in [2.75, 3.05) is 26.7 Å². The molecule has 1 aromatic carbocycles. The van der Waals surface area contributed by atoms with Crippen molar-refractivity contribution in [1.29, 1.82) is 0 Å². The van der Waals surface area contributed by atoms with Crippen LogP contribution >= 0.6 is 0 Å². The van der Waals surface area contributed by atoms with Gasteiger partial charge in [0.2, 0.25) is 10.0 Å². The number of sulfonamides is 1. The summed E-state index contributed by atoms with van der Waals surface area (Å²) in [4.78, 5) is 10.3. The molecule has 4 heterocycles. The number of benzene rings is 1. The van der Waals surface area contributed by atoms with Crippen molar-refractivity contribution < 1.29 is 8.42 Å². The maximum absolute atomic E-state index is 13.0. The highest BCUT2D eigenvalue weighted by Gasteiger charge is 2.46. The molecule has 2 aliphatic rings. The number of pyridine rings is 1. The van der Waals surface area contributed by atoms with Gasteiger partial charge in [0.25, 0.3) is 0 Å². The Morgan fingerprint density at radius 2 is 1.86 bits per heavy atom. The Kier molecular flexibility index (Phi) is 4.08. The molecule has 7 heteroatoms. The molecule has 1 N–H and O–H groups in total. The zero-order chi connectivity index (χ0) is 19.4. The average molecular weight is 397 g/mol. The molecule has 0 bridgehead atoms. The smallest absolute Gasteiger partial charge is 0.244 e. The third-order valence-electron chi connectivity index (χ3n) is 6.53. The van der Waals surface area contributed by atoms with Gasteiger partial charge in [-0.2, -0.15) is 4.31 Å². The van der Waals surface area contributed by atoms with Crippen molar-refractivity contribution in [2.45, 2.75) is 29.7 Å². The van der Waals surface area contributed by atoms with E-state index in [-0.39, 0.29) is 10.4 Å². The third kappa shape index (κ3) is 2.53. The van der Waals surface area contributed by atoms with Crippen molar-refractivity contribution in [2.24, 2.45) is 0 Å². The summed E-state index contributed by atoms with van der Waals surface area (Å²) in [5.74, 6) is 0. The predicted molar refractivity (Wildman–Crippen MR) is 109 cm³/mol. The summed E-state index contributed by atoms with van der Waals surface area (Å²) in [6.45, 7) is 2.01. The van der Waals surface area contributed by atoms with Gasteiger partial charge in [0, 0.05) is 48.6 Å². The van der Waals surface area contributed by atoms with E-state index in [1.807, 2.05) is 0 Å². The number of piperidine rings is 1. The van der Waals surface area contributed by atoms with Crippen molar-refractivity contribution in [3.05, 3.63) is 60.0 Å². The Morgan fingerprint density at radius 1 is 1.07 bits per heavy atom. The first kappa shape index (κ1) is 17.8. The second-order valence-electron chi connectivity index (χ2n) is 7.82. The lowest BCUT2D eigenvalue weighted by molar-refractivity contribution is 0.0467. The van der Waals surface area contributed by atoms with E-state index in [9.17, 15) is 8.42 Å². The number of nitrogens with zero attached hydrogens (tertiary/aromatic N) is 3. The maximum Gasteiger partial charge on any atom is 0.244 e. The lowest BCUT2D eigenvalue weighted by Crippen LogP contribution is -2.55. The minimum atomic E-state index is -3.49. The van der Waals surface area contributed by atoms with E-state index in [4.69, 9.17) is 0 Å².